The maximum absolute atomic E-state index is 12.2. The SMILES string of the molecule is CCNC(=NCC1(c2cccc(Br)c2)CC1)NCCS(=O)C(C)(C)C. The molecule has 2 N–H and O–H groups in total. The fourth-order valence-electron chi connectivity index (χ4n) is 2.65. The van der Waals surface area contributed by atoms with Gasteiger partial charge < -0.3 is 10.6 Å². The van der Waals surface area contributed by atoms with Crippen LogP contribution in [0.2, 0.25) is 0 Å². The highest BCUT2D eigenvalue weighted by Crippen LogP contribution is 2.48. The Kier molecular flexibility index (Phi) is 7.09. The molecule has 4 nitrogen and oxygen atoms in total. The van der Waals surface area contributed by atoms with Crippen LogP contribution in [0, 0.1) is 0 Å². The van der Waals surface area contributed by atoms with Gasteiger partial charge in [0.05, 0.1) is 6.54 Å². The minimum absolute atomic E-state index is 0.171. The van der Waals surface area contributed by atoms with E-state index in [1.807, 2.05) is 20.8 Å². The Morgan fingerprint density at radius 3 is 2.60 bits per heavy atom. The zero-order valence-electron chi connectivity index (χ0n) is 15.7. The standard InChI is InChI=1S/C19H30BrN3OS/c1-5-21-17(22-11-12-25(24)18(2,3)4)23-14-19(9-10-19)15-7-6-8-16(20)13-15/h6-8,13H,5,9-12,14H2,1-4H3,(H2,21,22,23). The van der Waals surface area contributed by atoms with E-state index in [0.717, 1.165) is 23.5 Å². The lowest BCUT2D eigenvalue weighted by Gasteiger charge is -2.19. The average Bonchev–Trinajstić information content (AvgIpc) is 3.33. The van der Waals surface area contributed by atoms with Crippen LogP contribution in [0.25, 0.3) is 0 Å². The normalized spacial score (nSPS) is 17.9. The Morgan fingerprint density at radius 2 is 2.04 bits per heavy atom. The second-order valence-corrected chi connectivity index (χ2v) is 10.8. The van der Waals surface area contributed by atoms with Gasteiger partial charge in [-0.25, -0.2) is 0 Å². The molecule has 1 fully saturated rings. The van der Waals surface area contributed by atoms with Crippen LogP contribution in [0.3, 0.4) is 0 Å². The molecular weight excluding hydrogens is 398 g/mol. The minimum Gasteiger partial charge on any atom is -0.357 e. The zero-order valence-corrected chi connectivity index (χ0v) is 18.1. The number of halogens is 1. The summed E-state index contributed by atoms with van der Waals surface area (Å²) in [5.74, 6) is 1.44. The van der Waals surface area contributed by atoms with Crippen molar-refractivity contribution in [3.63, 3.8) is 0 Å². The predicted octanol–water partition coefficient (Wildman–Crippen LogP) is 3.58. The molecule has 1 aromatic carbocycles. The smallest absolute Gasteiger partial charge is 0.191 e. The summed E-state index contributed by atoms with van der Waals surface area (Å²) < 4.78 is 13.1. The third kappa shape index (κ3) is 6.10. The summed E-state index contributed by atoms with van der Waals surface area (Å²) in [5.41, 5.74) is 1.54. The van der Waals surface area contributed by atoms with Gasteiger partial charge >= 0.3 is 0 Å². The van der Waals surface area contributed by atoms with E-state index in [9.17, 15) is 4.21 Å². The van der Waals surface area contributed by atoms with Crippen molar-refractivity contribution in [3.05, 3.63) is 34.3 Å². The molecular formula is C19H30BrN3OS. The fourth-order valence-corrected chi connectivity index (χ4v) is 3.95. The maximum atomic E-state index is 12.2. The van der Waals surface area contributed by atoms with Crippen molar-refractivity contribution in [2.75, 3.05) is 25.4 Å². The van der Waals surface area contributed by atoms with Crippen LogP contribution in [0.1, 0.15) is 46.1 Å². The van der Waals surface area contributed by atoms with E-state index in [-0.39, 0.29) is 10.2 Å². The first-order chi connectivity index (χ1) is 11.8. The minimum atomic E-state index is -0.849. The molecule has 0 aromatic heterocycles. The van der Waals surface area contributed by atoms with Crippen molar-refractivity contribution >= 4 is 32.7 Å². The van der Waals surface area contributed by atoms with Gasteiger partial charge in [0.15, 0.2) is 5.96 Å². The number of rotatable bonds is 7. The molecule has 0 heterocycles. The van der Waals surface area contributed by atoms with Crippen molar-refractivity contribution in [2.24, 2.45) is 4.99 Å². The van der Waals surface area contributed by atoms with Gasteiger partial charge in [0, 0.05) is 44.3 Å². The van der Waals surface area contributed by atoms with Crippen molar-refractivity contribution < 1.29 is 4.21 Å². The zero-order chi connectivity index (χ0) is 18.5. The Hall–Kier alpha value is -0.880. The lowest BCUT2D eigenvalue weighted by Crippen LogP contribution is -2.40. The Labute approximate surface area is 162 Å². The molecule has 1 saturated carbocycles. The van der Waals surface area contributed by atoms with Gasteiger partial charge in [-0.3, -0.25) is 9.20 Å². The summed E-state index contributed by atoms with van der Waals surface area (Å²) in [6.45, 7) is 10.4. The molecule has 0 bridgehead atoms. The molecule has 1 aromatic rings. The number of nitrogens with zero attached hydrogens (tertiary/aromatic N) is 1. The molecule has 2 rings (SSSR count). The van der Waals surface area contributed by atoms with Gasteiger partial charge in [0.25, 0.3) is 0 Å². The van der Waals surface area contributed by atoms with E-state index in [1.165, 1.54) is 18.4 Å². The van der Waals surface area contributed by atoms with Crippen LogP contribution in [-0.2, 0) is 16.2 Å². The van der Waals surface area contributed by atoms with Gasteiger partial charge in [0.1, 0.15) is 0 Å². The third-order valence-corrected chi connectivity index (χ3v) is 6.87. The van der Waals surface area contributed by atoms with Crippen LogP contribution in [-0.4, -0.2) is 40.3 Å². The monoisotopic (exact) mass is 427 g/mol. The summed E-state index contributed by atoms with van der Waals surface area (Å²) >= 11 is 3.56. The predicted molar refractivity (Wildman–Crippen MR) is 112 cm³/mol. The lowest BCUT2D eigenvalue weighted by molar-refractivity contribution is 0.646. The van der Waals surface area contributed by atoms with Gasteiger partial charge in [-0.15, -0.1) is 0 Å². The summed E-state index contributed by atoms with van der Waals surface area (Å²) in [5, 5.41) is 6.61. The number of hydrogen-bond donors (Lipinski definition) is 2. The van der Waals surface area contributed by atoms with Crippen LogP contribution < -0.4 is 10.6 Å². The van der Waals surface area contributed by atoms with Gasteiger partial charge in [0.2, 0.25) is 0 Å². The van der Waals surface area contributed by atoms with Crippen molar-refractivity contribution in [1.82, 2.24) is 10.6 Å². The highest BCUT2D eigenvalue weighted by atomic mass is 79.9. The van der Waals surface area contributed by atoms with E-state index in [4.69, 9.17) is 4.99 Å². The quantitative estimate of drug-likeness (QED) is 0.516. The van der Waals surface area contributed by atoms with Gasteiger partial charge in [-0.05, 0) is 58.2 Å². The van der Waals surface area contributed by atoms with Gasteiger partial charge in [-0.2, -0.15) is 0 Å². The highest BCUT2D eigenvalue weighted by molar-refractivity contribution is 9.10. The molecule has 0 saturated heterocycles. The van der Waals surface area contributed by atoms with Crippen LogP contribution in [0.5, 0.6) is 0 Å². The molecule has 0 radical (unpaired) electrons. The summed E-state index contributed by atoms with van der Waals surface area (Å²) in [4.78, 5) is 4.79. The van der Waals surface area contributed by atoms with Crippen molar-refractivity contribution in [3.8, 4) is 0 Å². The molecule has 1 unspecified atom stereocenters. The Balaban J connectivity index is 1.94. The van der Waals surface area contributed by atoms with Crippen LogP contribution in [0.4, 0.5) is 0 Å². The first kappa shape index (κ1) is 20.4. The molecule has 25 heavy (non-hydrogen) atoms. The molecule has 6 heteroatoms. The summed E-state index contributed by atoms with van der Waals surface area (Å²) in [6, 6.07) is 8.55. The lowest BCUT2D eigenvalue weighted by atomic mass is 9.96. The maximum Gasteiger partial charge on any atom is 0.191 e. The van der Waals surface area contributed by atoms with E-state index in [1.54, 1.807) is 0 Å². The Bertz CT molecular complexity index is 636. The molecule has 0 spiro atoms. The highest BCUT2D eigenvalue weighted by Gasteiger charge is 2.44. The first-order valence-electron chi connectivity index (χ1n) is 8.93. The van der Waals surface area contributed by atoms with E-state index in [0.29, 0.717) is 12.3 Å². The molecule has 1 aliphatic rings. The molecule has 1 atom stereocenters. The Morgan fingerprint density at radius 1 is 1.32 bits per heavy atom. The van der Waals surface area contributed by atoms with E-state index in [2.05, 4.69) is 57.8 Å². The second-order valence-electron chi connectivity index (χ2n) is 7.57. The van der Waals surface area contributed by atoms with Gasteiger partial charge in [-0.1, -0.05) is 28.1 Å². The third-order valence-electron chi connectivity index (χ3n) is 4.44. The molecule has 0 amide bonds. The largest absolute Gasteiger partial charge is 0.357 e. The number of nitrogens with one attached hydrogen (secondary N) is 2. The summed E-state index contributed by atoms with van der Waals surface area (Å²) in [6.07, 6.45) is 2.36. The molecule has 1 aliphatic carbocycles. The average molecular weight is 428 g/mol. The number of aliphatic imine (C=N–C) groups is 1. The topological polar surface area (TPSA) is 53.5 Å². The number of hydrogen-bond acceptors (Lipinski definition) is 2. The van der Waals surface area contributed by atoms with Crippen LogP contribution >= 0.6 is 15.9 Å². The fraction of sp³-hybridized carbons (Fsp3) is 0.632. The number of guanidine groups is 1. The second kappa shape index (κ2) is 8.67. The van der Waals surface area contributed by atoms with E-state index >= 15 is 0 Å². The first-order valence-corrected chi connectivity index (χ1v) is 11.0. The number of benzene rings is 1. The van der Waals surface area contributed by atoms with Crippen LogP contribution in [0.15, 0.2) is 33.7 Å². The molecule has 0 aliphatic heterocycles. The van der Waals surface area contributed by atoms with E-state index < -0.39 is 10.8 Å². The summed E-state index contributed by atoms with van der Waals surface area (Å²) in [7, 11) is -0.849. The molecule has 140 valence electrons. The van der Waals surface area contributed by atoms with Crippen molar-refractivity contribution in [2.45, 2.75) is 50.7 Å². The van der Waals surface area contributed by atoms with Crippen molar-refractivity contribution in [1.29, 1.82) is 0 Å².